The van der Waals surface area contributed by atoms with Crippen molar-refractivity contribution in [2.45, 2.75) is 25.3 Å². The summed E-state index contributed by atoms with van der Waals surface area (Å²) in [4.78, 5) is 18.6. The minimum Gasteiger partial charge on any atom is -0.319 e. The van der Waals surface area contributed by atoms with Crippen LogP contribution in [0.5, 0.6) is 0 Å². The number of thiophene rings is 1. The number of likely N-dealkylation sites (tertiary alicyclic amines) is 1. The van der Waals surface area contributed by atoms with Gasteiger partial charge in [0.25, 0.3) is 5.91 Å². The summed E-state index contributed by atoms with van der Waals surface area (Å²) in [6.07, 6.45) is 3.37. The second-order valence-corrected chi connectivity index (χ2v) is 8.45. The average molecular weight is 384 g/mol. The van der Waals surface area contributed by atoms with Crippen LogP contribution in [0.1, 0.15) is 35.9 Å². The third kappa shape index (κ3) is 3.49. The van der Waals surface area contributed by atoms with Gasteiger partial charge in [-0.25, -0.2) is 4.98 Å². The van der Waals surface area contributed by atoms with E-state index in [9.17, 15) is 4.79 Å². The number of amides is 1. The van der Waals surface area contributed by atoms with Crippen LogP contribution in [0.3, 0.4) is 0 Å². The van der Waals surface area contributed by atoms with E-state index in [1.165, 1.54) is 27.4 Å². The van der Waals surface area contributed by atoms with Gasteiger partial charge in [-0.1, -0.05) is 12.1 Å². The van der Waals surface area contributed by atoms with Crippen LogP contribution in [-0.2, 0) is 4.79 Å². The van der Waals surface area contributed by atoms with Crippen molar-refractivity contribution in [3.63, 3.8) is 0 Å². The van der Waals surface area contributed by atoms with E-state index in [2.05, 4.69) is 17.5 Å². The van der Waals surface area contributed by atoms with Crippen molar-refractivity contribution in [3.05, 3.63) is 46.3 Å². The van der Waals surface area contributed by atoms with Crippen LogP contribution in [-0.4, -0.2) is 24.0 Å². The summed E-state index contributed by atoms with van der Waals surface area (Å²) in [6.45, 7) is 1.38. The lowest BCUT2D eigenvalue weighted by Crippen LogP contribution is -3.14. The molecule has 0 saturated carbocycles. The maximum Gasteiger partial charge on any atom is 0.280 e. The zero-order valence-electron chi connectivity index (χ0n) is 14.2. The van der Waals surface area contributed by atoms with Crippen molar-refractivity contribution in [1.82, 2.24) is 4.98 Å². The Hall–Kier alpha value is -2.27. The van der Waals surface area contributed by atoms with E-state index in [4.69, 9.17) is 10.2 Å². The Labute approximate surface area is 159 Å². The Balaban J connectivity index is 1.50. The molecule has 0 bridgehead atoms. The van der Waals surface area contributed by atoms with Crippen LogP contribution in [0, 0.1) is 11.3 Å². The van der Waals surface area contributed by atoms with Crippen molar-refractivity contribution in [2.75, 3.05) is 18.4 Å². The van der Waals surface area contributed by atoms with E-state index >= 15 is 0 Å². The topological polar surface area (TPSA) is 70.2 Å². The van der Waals surface area contributed by atoms with Gasteiger partial charge in [0.2, 0.25) is 0 Å². The molecule has 0 radical (unpaired) electrons. The van der Waals surface area contributed by atoms with Crippen LogP contribution >= 0.6 is 22.7 Å². The second kappa shape index (κ2) is 7.54. The van der Waals surface area contributed by atoms with E-state index in [1.807, 2.05) is 23.6 Å². The number of anilines is 1. The molecular formula is C19H19N4OS2+. The van der Waals surface area contributed by atoms with Gasteiger partial charge in [-0.3, -0.25) is 4.79 Å². The maximum absolute atomic E-state index is 12.5. The molecule has 3 aromatic rings. The molecule has 7 heteroatoms. The fourth-order valence-corrected chi connectivity index (χ4v) is 5.41. The highest BCUT2D eigenvalue weighted by molar-refractivity contribution is 7.18. The number of nitriles is 1. The molecule has 4 rings (SSSR count). The van der Waals surface area contributed by atoms with Crippen LogP contribution < -0.4 is 10.2 Å². The highest BCUT2D eigenvalue weighted by Gasteiger charge is 2.32. The number of benzene rings is 1. The quantitative estimate of drug-likeness (QED) is 0.728. The Bertz CT molecular complexity index is 938. The zero-order chi connectivity index (χ0) is 17.9. The second-order valence-electron chi connectivity index (χ2n) is 6.48. The van der Waals surface area contributed by atoms with Crippen LogP contribution in [0.4, 0.5) is 5.00 Å². The Kier molecular flexibility index (Phi) is 4.98. The molecule has 3 heterocycles. The molecular weight excluding hydrogens is 364 g/mol. The first-order valence-electron chi connectivity index (χ1n) is 8.72. The predicted octanol–water partition coefficient (Wildman–Crippen LogP) is 2.98. The molecule has 26 heavy (non-hydrogen) atoms. The summed E-state index contributed by atoms with van der Waals surface area (Å²) < 4.78 is 1.20. The number of aromatic nitrogens is 1. The number of carbonyl (C=O) groups excluding carboxylic acids is 1. The number of carbonyl (C=O) groups is 1. The Morgan fingerprint density at radius 2 is 2.23 bits per heavy atom. The number of thiazole rings is 1. The molecule has 2 N–H and O–H groups in total. The lowest BCUT2D eigenvalue weighted by atomic mass is 10.0. The number of hydrogen-bond donors (Lipinski definition) is 2. The smallest absolute Gasteiger partial charge is 0.280 e. The molecule has 5 nitrogen and oxygen atoms in total. The van der Waals surface area contributed by atoms with E-state index in [1.54, 1.807) is 17.4 Å². The number of nitrogens with zero attached hydrogens (tertiary/aromatic N) is 2. The third-order valence-corrected chi connectivity index (χ3v) is 6.75. The Morgan fingerprint density at radius 3 is 3.08 bits per heavy atom. The lowest BCUT2D eigenvalue weighted by molar-refractivity contribution is -0.929. The van der Waals surface area contributed by atoms with Gasteiger partial charge in [-0.2, -0.15) is 5.26 Å². The summed E-state index contributed by atoms with van der Waals surface area (Å²) in [5.41, 5.74) is 1.57. The first-order valence-corrected chi connectivity index (χ1v) is 10.4. The number of hydrogen-bond acceptors (Lipinski definition) is 5. The largest absolute Gasteiger partial charge is 0.319 e. The van der Waals surface area contributed by atoms with E-state index < -0.39 is 0 Å². The number of fused-ring (bicyclic) bond motifs is 1. The molecule has 0 spiro atoms. The van der Waals surface area contributed by atoms with Gasteiger partial charge in [-0.15, -0.1) is 22.7 Å². The van der Waals surface area contributed by atoms with Crippen LogP contribution in [0.2, 0.25) is 0 Å². The molecule has 1 fully saturated rings. The molecule has 1 unspecified atom stereocenters. The van der Waals surface area contributed by atoms with Gasteiger partial charge in [0, 0.05) is 6.42 Å². The van der Waals surface area contributed by atoms with Gasteiger partial charge in [0.05, 0.1) is 22.3 Å². The summed E-state index contributed by atoms with van der Waals surface area (Å²) >= 11 is 3.13. The maximum atomic E-state index is 12.5. The normalized spacial score (nSPS) is 20.0. The minimum absolute atomic E-state index is 0.0352. The van der Waals surface area contributed by atoms with Gasteiger partial charge >= 0.3 is 0 Å². The molecule has 1 amide bonds. The average Bonchev–Trinajstić information content (AvgIpc) is 3.28. The molecule has 1 aliphatic heterocycles. The summed E-state index contributed by atoms with van der Waals surface area (Å²) in [6, 6.07) is 12.3. The first-order chi connectivity index (χ1) is 12.7. The van der Waals surface area contributed by atoms with E-state index in [-0.39, 0.29) is 11.9 Å². The fourth-order valence-electron chi connectivity index (χ4n) is 3.50. The Morgan fingerprint density at radius 1 is 1.35 bits per heavy atom. The summed E-state index contributed by atoms with van der Waals surface area (Å²) in [7, 11) is 0. The van der Waals surface area contributed by atoms with Crippen molar-refractivity contribution < 1.29 is 9.69 Å². The summed E-state index contributed by atoms with van der Waals surface area (Å²) in [5, 5.41) is 15.6. The number of para-hydroxylation sites is 1. The minimum atomic E-state index is -0.0352. The SMILES string of the molecule is N#Cc1ccsc1NC(=O)C[NH+]1CCCC[C@@H]1c1nc2ccccc2s1. The van der Waals surface area contributed by atoms with Crippen molar-refractivity contribution in [3.8, 4) is 6.07 Å². The predicted molar refractivity (Wildman–Crippen MR) is 105 cm³/mol. The van der Waals surface area contributed by atoms with Gasteiger partial charge in [0.15, 0.2) is 11.6 Å². The van der Waals surface area contributed by atoms with Crippen molar-refractivity contribution in [1.29, 1.82) is 5.26 Å². The van der Waals surface area contributed by atoms with Gasteiger partial charge in [-0.05, 0) is 36.4 Å². The molecule has 2 aromatic heterocycles. The van der Waals surface area contributed by atoms with Gasteiger partial charge < -0.3 is 10.2 Å². The standard InChI is InChI=1S/C19H18N4OS2/c20-11-13-8-10-25-18(13)22-17(24)12-23-9-4-3-6-15(23)19-21-14-5-1-2-7-16(14)26-19/h1-2,5,7-8,10,15H,3-4,6,9,12H2,(H,22,24)/p+1/t15-/m1/s1. The highest BCUT2D eigenvalue weighted by atomic mass is 32.1. The van der Waals surface area contributed by atoms with Gasteiger partial charge in [0.1, 0.15) is 17.1 Å². The number of quaternary nitrogens is 1. The number of rotatable bonds is 4. The fraction of sp³-hybridized carbons (Fsp3) is 0.316. The summed E-state index contributed by atoms with van der Waals surface area (Å²) in [5.74, 6) is -0.0352. The van der Waals surface area contributed by atoms with Crippen molar-refractivity contribution >= 4 is 43.8 Å². The van der Waals surface area contributed by atoms with Crippen LogP contribution in [0.25, 0.3) is 10.2 Å². The number of piperidine rings is 1. The zero-order valence-corrected chi connectivity index (χ0v) is 15.8. The molecule has 132 valence electrons. The third-order valence-electron chi connectivity index (χ3n) is 4.77. The molecule has 1 aliphatic rings. The highest BCUT2D eigenvalue weighted by Crippen LogP contribution is 2.28. The first kappa shape index (κ1) is 17.2. The van der Waals surface area contributed by atoms with E-state index in [0.29, 0.717) is 17.1 Å². The van der Waals surface area contributed by atoms with Crippen molar-refractivity contribution in [2.24, 2.45) is 0 Å². The molecule has 1 aromatic carbocycles. The van der Waals surface area contributed by atoms with Crippen LogP contribution in [0.15, 0.2) is 35.7 Å². The lowest BCUT2D eigenvalue weighted by Gasteiger charge is -2.30. The number of nitrogens with one attached hydrogen (secondary N) is 2. The molecule has 1 saturated heterocycles. The molecule has 0 aliphatic carbocycles. The molecule has 2 atom stereocenters. The monoisotopic (exact) mass is 383 g/mol. The van der Waals surface area contributed by atoms with E-state index in [0.717, 1.165) is 29.9 Å².